The molecule has 0 fully saturated rings. The summed E-state index contributed by atoms with van der Waals surface area (Å²) < 4.78 is 6.68. The number of allylic oxidation sites excluding steroid dienone is 1. The van der Waals surface area contributed by atoms with Crippen LogP contribution in [0.2, 0.25) is 0 Å². The fourth-order valence-corrected chi connectivity index (χ4v) is 4.56. The van der Waals surface area contributed by atoms with Gasteiger partial charge in [-0.3, -0.25) is 4.79 Å². The maximum absolute atomic E-state index is 13.2. The number of cyclic esters (lactones) is 1. The summed E-state index contributed by atoms with van der Waals surface area (Å²) in [4.78, 5) is 30.2. The van der Waals surface area contributed by atoms with Gasteiger partial charge in [-0.25, -0.2) is 9.78 Å². The molecule has 1 N–H and O–H groups in total. The fourth-order valence-electron chi connectivity index (χ4n) is 4.56. The number of carbonyl (C=O) groups excluding carboxylic acids is 1. The van der Waals surface area contributed by atoms with Crippen LogP contribution in [-0.2, 0) is 34.7 Å². The second-order valence-corrected chi connectivity index (χ2v) is 7.87. The first kappa shape index (κ1) is 19.2. The van der Waals surface area contributed by atoms with E-state index >= 15 is 0 Å². The standard InChI is InChI=1S/C24H19N3O4/c1-3-5-13-6-7-19-15(16(13)10-25)8-14-11-27-20(21(14)26-19)9-18-17(22(27)28)12-31-23(29)24(18,30)4-2/h3,6-9,30H,1,4-5,11-12H2,2H3/t24-/m0/s1. The minimum Gasteiger partial charge on any atom is -0.458 e. The largest absolute Gasteiger partial charge is 0.458 e. The minimum atomic E-state index is -1.85. The molecule has 2 aliphatic rings. The Balaban J connectivity index is 1.77. The molecule has 2 aromatic heterocycles. The summed E-state index contributed by atoms with van der Waals surface area (Å²) in [6.07, 6.45) is 2.42. The number of benzene rings is 1. The third-order valence-electron chi connectivity index (χ3n) is 6.25. The first-order valence-electron chi connectivity index (χ1n) is 10.1. The van der Waals surface area contributed by atoms with E-state index in [1.807, 2.05) is 18.2 Å². The van der Waals surface area contributed by atoms with E-state index in [9.17, 15) is 20.0 Å². The number of carbonyl (C=O) groups is 1. The molecule has 154 valence electrons. The Morgan fingerprint density at radius 1 is 1.39 bits per heavy atom. The zero-order valence-electron chi connectivity index (χ0n) is 16.9. The van der Waals surface area contributed by atoms with Crippen LogP contribution in [0.25, 0.3) is 22.3 Å². The van der Waals surface area contributed by atoms with Crippen molar-refractivity contribution in [2.75, 3.05) is 0 Å². The molecule has 1 aromatic carbocycles. The van der Waals surface area contributed by atoms with Gasteiger partial charge < -0.3 is 14.4 Å². The third kappa shape index (κ3) is 2.52. The maximum Gasteiger partial charge on any atom is 0.343 e. The molecule has 3 aromatic rings. The number of ether oxygens (including phenoxy) is 1. The van der Waals surface area contributed by atoms with Crippen LogP contribution in [-0.4, -0.2) is 20.6 Å². The summed E-state index contributed by atoms with van der Waals surface area (Å²) >= 11 is 0. The van der Waals surface area contributed by atoms with E-state index < -0.39 is 11.6 Å². The molecule has 0 unspecified atom stereocenters. The first-order valence-corrected chi connectivity index (χ1v) is 10.1. The van der Waals surface area contributed by atoms with Crippen molar-refractivity contribution in [2.45, 2.75) is 38.5 Å². The van der Waals surface area contributed by atoms with E-state index in [2.05, 4.69) is 12.6 Å². The van der Waals surface area contributed by atoms with Gasteiger partial charge in [-0.15, -0.1) is 6.58 Å². The smallest absolute Gasteiger partial charge is 0.343 e. The molecule has 0 amide bonds. The lowest BCUT2D eigenvalue weighted by Gasteiger charge is -2.31. The number of hydrogen-bond acceptors (Lipinski definition) is 6. The van der Waals surface area contributed by atoms with Gasteiger partial charge in [-0.05, 0) is 36.6 Å². The number of nitrogens with zero attached hydrogens (tertiary/aromatic N) is 3. The number of esters is 1. The number of hydrogen-bond donors (Lipinski definition) is 1. The van der Waals surface area contributed by atoms with E-state index in [0.717, 1.165) is 16.5 Å². The van der Waals surface area contributed by atoms with Gasteiger partial charge >= 0.3 is 5.97 Å². The molecule has 7 nitrogen and oxygen atoms in total. The highest BCUT2D eigenvalue weighted by atomic mass is 16.6. The predicted octanol–water partition coefficient (Wildman–Crippen LogP) is 2.68. The number of fused-ring (bicyclic) bond motifs is 5. The van der Waals surface area contributed by atoms with Crippen LogP contribution in [0.3, 0.4) is 0 Å². The number of rotatable bonds is 3. The van der Waals surface area contributed by atoms with Gasteiger partial charge in [-0.1, -0.05) is 19.1 Å². The second-order valence-electron chi connectivity index (χ2n) is 7.87. The zero-order valence-corrected chi connectivity index (χ0v) is 16.9. The lowest BCUT2D eigenvalue weighted by atomic mass is 9.86. The van der Waals surface area contributed by atoms with Crippen molar-refractivity contribution in [3.05, 3.63) is 75.1 Å². The lowest BCUT2D eigenvalue weighted by molar-refractivity contribution is -0.172. The first-order chi connectivity index (χ1) is 14.9. The van der Waals surface area contributed by atoms with Crippen LogP contribution in [0.1, 0.15) is 41.2 Å². The van der Waals surface area contributed by atoms with Crippen molar-refractivity contribution >= 4 is 16.9 Å². The highest BCUT2D eigenvalue weighted by Crippen LogP contribution is 2.39. The van der Waals surface area contributed by atoms with Crippen molar-refractivity contribution in [3.8, 4) is 17.5 Å². The fraction of sp³-hybridized carbons (Fsp3) is 0.250. The topological polar surface area (TPSA) is 105 Å². The van der Waals surface area contributed by atoms with E-state index in [0.29, 0.717) is 35.4 Å². The van der Waals surface area contributed by atoms with Crippen LogP contribution in [0, 0.1) is 11.3 Å². The number of aliphatic hydroxyl groups is 1. The average molecular weight is 413 g/mol. The number of nitriles is 1. The van der Waals surface area contributed by atoms with E-state index in [1.165, 1.54) is 0 Å². The van der Waals surface area contributed by atoms with Crippen LogP contribution in [0.4, 0.5) is 0 Å². The average Bonchev–Trinajstić information content (AvgIpc) is 3.13. The zero-order chi connectivity index (χ0) is 21.9. The molecule has 0 bridgehead atoms. The number of aromatic nitrogens is 2. The van der Waals surface area contributed by atoms with Crippen molar-refractivity contribution in [3.63, 3.8) is 0 Å². The summed E-state index contributed by atoms with van der Waals surface area (Å²) in [5, 5.41) is 21.4. The normalized spacial score (nSPS) is 18.7. The highest BCUT2D eigenvalue weighted by Gasteiger charge is 2.45. The molecule has 0 saturated heterocycles. The summed E-state index contributed by atoms with van der Waals surface area (Å²) in [7, 11) is 0. The molecule has 1 atom stereocenters. The van der Waals surface area contributed by atoms with Crippen molar-refractivity contribution in [2.24, 2.45) is 0 Å². The molecule has 5 rings (SSSR count). The third-order valence-corrected chi connectivity index (χ3v) is 6.25. The van der Waals surface area contributed by atoms with Crippen molar-refractivity contribution < 1.29 is 14.6 Å². The summed E-state index contributed by atoms with van der Waals surface area (Å²) in [5.74, 6) is -0.745. The van der Waals surface area contributed by atoms with Gasteiger partial charge in [0.05, 0.1) is 34.6 Å². The highest BCUT2D eigenvalue weighted by molar-refractivity contribution is 5.90. The maximum atomic E-state index is 13.2. The van der Waals surface area contributed by atoms with Crippen LogP contribution in [0.15, 0.2) is 41.7 Å². The van der Waals surface area contributed by atoms with Gasteiger partial charge in [0.25, 0.3) is 5.56 Å². The van der Waals surface area contributed by atoms with E-state index in [1.54, 1.807) is 23.6 Å². The lowest BCUT2D eigenvalue weighted by Crippen LogP contribution is -2.44. The molecule has 0 saturated carbocycles. The minimum absolute atomic E-state index is 0.0946. The predicted molar refractivity (Wildman–Crippen MR) is 113 cm³/mol. The quantitative estimate of drug-likeness (QED) is 0.409. The van der Waals surface area contributed by atoms with E-state index in [-0.39, 0.29) is 29.7 Å². The molecule has 2 aliphatic heterocycles. The Morgan fingerprint density at radius 3 is 2.90 bits per heavy atom. The van der Waals surface area contributed by atoms with Crippen molar-refractivity contribution in [1.29, 1.82) is 5.26 Å². The van der Waals surface area contributed by atoms with Crippen LogP contribution >= 0.6 is 0 Å². The summed E-state index contributed by atoms with van der Waals surface area (Å²) in [6.45, 7) is 5.56. The SMILES string of the molecule is C=CCc1ccc2nc3c(cc2c1C#N)Cn1c-3cc2c(c1=O)COC(=O)[C@]2(O)CC. The number of pyridine rings is 2. The Labute approximate surface area is 177 Å². The summed E-state index contributed by atoms with van der Waals surface area (Å²) in [6, 6.07) is 9.58. The Kier molecular flexibility index (Phi) is 4.11. The van der Waals surface area contributed by atoms with Gasteiger partial charge in [0.1, 0.15) is 12.7 Å². The van der Waals surface area contributed by atoms with Gasteiger partial charge in [0, 0.05) is 16.5 Å². The monoisotopic (exact) mass is 413 g/mol. The Hall–Kier alpha value is -3.76. The molecular weight excluding hydrogens is 394 g/mol. The molecule has 4 heterocycles. The molecule has 31 heavy (non-hydrogen) atoms. The summed E-state index contributed by atoms with van der Waals surface area (Å²) in [5.41, 5.74) is 2.47. The van der Waals surface area contributed by atoms with Gasteiger partial charge in [0.2, 0.25) is 0 Å². The van der Waals surface area contributed by atoms with Crippen LogP contribution in [0.5, 0.6) is 0 Å². The Morgan fingerprint density at radius 2 is 2.19 bits per heavy atom. The molecule has 0 radical (unpaired) electrons. The molecule has 0 aliphatic carbocycles. The Bertz CT molecular complexity index is 1410. The molecule has 7 heteroatoms. The molecular formula is C24H19N3O4. The van der Waals surface area contributed by atoms with Crippen LogP contribution < -0.4 is 5.56 Å². The van der Waals surface area contributed by atoms with Gasteiger partial charge in [0.15, 0.2) is 5.60 Å². The molecule has 0 spiro atoms. The van der Waals surface area contributed by atoms with Gasteiger partial charge in [-0.2, -0.15) is 5.26 Å². The van der Waals surface area contributed by atoms with E-state index in [4.69, 9.17) is 9.72 Å². The second kappa shape index (κ2) is 6.62. The van der Waals surface area contributed by atoms with Crippen molar-refractivity contribution in [1.82, 2.24) is 9.55 Å².